The molecule has 0 fully saturated rings. The quantitative estimate of drug-likeness (QED) is 0.566. The van der Waals surface area contributed by atoms with Crippen molar-refractivity contribution in [2.75, 3.05) is 5.32 Å². The first-order chi connectivity index (χ1) is 12.8. The predicted molar refractivity (Wildman–Crippen MR) is 102 cm³/mol. The van der Waals surface area contributed by atoms with E-state index in [4.69, 9.17) is 4.42 Å². The first-order valence-corrected chi connectivity index (χ1v) is 8.31. The molecule has 0 aliphatic rings. The van der Waals surface area contributed by atoms with Crippen molar-refractivity contribution in [1.82, 2.24) is 10.2 Å². The zero-order valence-corrected chi connectivity index (χ0v) is 14.0. The lowest BCUT2D eigenvalue weighted by atomic mass is 10.0. The molecule has 0 atom stereocenters. The van der Waals surface area contributed by atoms with Crippen LogP contribution in [0.5, 0.6) is 0 Å². The lowest BCUT2D eigenvalue weighted by Crippen LogP contribution is -2.05. The minimum absolute atomic E-state index is 0.221. The van der Waals surface area contributed by atoms with E-state index < -0.39 is 0 Å². The Balaban J connectivity index is 1.69. The fourth-order valence-electron chi connectivity index (χ4n) is 2.79. The molecular formula is C21H17N3O2. The van der Waals surface area contributed by atoms with Crippen molar-refractivity contribution < 1.29 is 4.42 Å². The van der Waals surface area contributed by atoms with Crippen molar-refractivity contribution in [3.05, 3.63) is 95.0 Å². The van der Waals surface area contributed by atoms with Gasteiger partial charge in [-0.2, -0.15) is 5.10 Å². The molecule has 4 aromatic rings. The molecule has 0 aliphatic carbocycles. The maximum atomic E-state index is 11.2. The highest BCUT2D eigenvalue weighted by Crippen LogP contribution is 2.32. The van der Waals surface area contributed by atoms with Crippen molar-refractivity contribution >= 4 is 5.69 Å². The van der Waals surface area contributed by atoms with E-state index in [0.29, 0.717) is 12.2 Å². The third-order valence-corrected chi connectivity index (χ3v) is 4.11. The van der Waals surface area contributed by atoms with Gasteiger partial charge in [0.05, 0.1) is 12.0 Å². The van der Waals surface area contributed by atoms with E-state index in [2.05, 4.69) is 27.6 Å². The molecular weight excluding hydrogens is 326 g/mol. The van der Waals surface area contributed by atoms with Gasteiger partial charge in [0.2, 0.25) is 0 Å². The van der Waals surface area contributed by atoms with Gasteiger partial charge in [0.25, 0.3) is 5.56 Å². The summed E-state index contributed by atoms with van der Waals surface area (Å²) in [5.41, 5.74) is 4.49. The normalized spacial score (nSPS) is 10.6. The van der Waals surface area contributed by atoms with Gasteiger partial charge in [-0.15, -0.1) is 0 Å². The van der Waals surface area contributed by atoms with Gasteiger partial charge in [-0.25, -0.2) is 5.10 Å². The number of aromatic amines is 1. The van der Waals surface area contributed by atoms with Gasteiger partial charge in [0, 0.05) is 29.4 Å². The van der Waals surface area contributed by atoms with E-state index in [1.807, 2.05) is 48.5 Å². The van der Waals surface area contributed by atoms with E-state index in [0.717, 1.165) is 22.6 Å². The molecule has 26 heavy (non-hydrogen) atoms. The Morgan fingerprint density at radius 3 is 2.58 bits per heavy atom. The van der Waals surface area contributed by atoms with Crippen LogP contribution in [0.15, 0.2) is 88.3 Å². The molecule has 5 nitrogen and oxygen atoms in total. The van der Waals surface area contributed by atoms with Crippen molar-refractivity contribution in [2.24, 2.45) is 0 Å². The van der Waals surface area contributed by atoms with E-state index in [9.17, 15) is 4.79 Å². The van der Waals surface area contributed by atoms with Gasteiger partial charge >= 0.3 is 0 Å². The molecule has 0 saturated heterocycles. The second-order valence-electron chi connectivity index (χ2n) is 5.88. The number of benzene rings is 2. The zero-order valence-electron chi connectivity index (χ0n) is 14.0. The maximum Gasteiger partial charge on any atom is 0.264 e. The maximum absolute atomic E-state index is 11.2. The minimum atomic E-state index is -0.221. The van der Waals surface area contributed by atoms with Gasteiger partial charge < -0.3 is 9.73 Å². The molecule has 0 radical (unpaired) electrons. The summed E-state index contributed by atoms with van der Waals surface area (Å²) in [4.78, 5) is 11.2. The molecule has 5 heteroatoms. The summed E-state index contributed by atoms with van der Waals surface area (Å²) in [7, 11) is 0. The van der Waals surface area contributed by atoms with Crippen molar-refractivity contribution in [3.63, 3.8) is 0 Å². The number of hydrogen-bond acceptors (Lipinski definition) is 4. The highest BCUT2D eigenvalue weighted by atomic mass is 16.3. The highest BCUT2D eigenvalue weighted by Gasteiger charge is 2.11. The molecule has 0 bridgehead atoms. The summed E-state index contributed by atoms with van der Waals surface area (Å²) >= 11 is 0. The summed E-state index contributed by atoms with van der Waals surface area (Å²) in [5, 5.41) is 10.0. The predicted octanol–water partition coefficient (Wildman–Crippen LogP) is 4.31. The van der Waals surface area contributed by atoms with Crippen molar-refractivity contribution in [2.45, 2.75) is 6.54 Å². The number of hydrogen-bond donors (Lipinski definition) is 2. The average Bonchev–Trinajstić information content (AvgIpc) is 3.22. The average molecular weight is 343 g/mol. The van der Waals surface area contributed by atoms with Crippen LogP contribution >= 0.6 is 0 Å². The van der Waals surface area contributed by atoms with E-state index in [-0.39, 0.29) is 5.56 Å². The lowest BCUT2D eigenvalue weighted by Gasteiger charge is -2.12. The van der Waals surface area contributed by atoms with E-state index in [1.165, 1.54) is 11.6 Å². The molecule has 0 aliphatic heterocycles. The summed E-state index contributed by atoms with van der Waals surface area (Å²) in [6.45, 7) is 0.713. The van der Waals surface area contributed by atoms with Gasteiger partial charge in [-0.05, 0) is 35.9 Å². The fraction of sp³-hybridized carbons (Fsp3) is 0.0476. The Kier molecular flexibility index (Phi) is 4.35. The zero-order chi connectivity index (χ0) is 17.8. The summed E-state index contributed by atoms with van der Waals surface area (Å²) in [6.07, 6.45) is 1.65. The Bertz CT molecular complexity index is 1030. The lowest BCUT2D eigenvalue weighted by molar-refractivity contribution is 0.582. The standard InChI is InChI=1S/C21H17N3O2/c25-21-11-10-18(23-24-21)16-8-9-19(17(13-16)20-7-4-12-26-20)22-14-15-5-2-1-3-6-15/h1-13,22H,14H2,(H,24,25). The molecule has 0 saturated carbocycles. The monoisotopic (exact) mass is 343 g/mol. The molecule has 0 spiro atoms. The second-order valence-corrected chi connectivity index (χ2v) is 5.88. The molecule has 0 amide bonds. The number of anilines is 1. The van der Waals surface area contributed by atoms with Gasteiger partial charge in [0.15, 0.2) is 0 Å². The van der Waals surface area contributed by atoms with Gasteiger partial charge in [-0.3, -0.25) is 4.79 Å². The smallest absolute Gasteiger partial charge is 0.264 e. The highest BCUT2D eigenvalue weighted by molar-refractivity contribution is 5.80. The van der Waals surface area contributed by atoms with Crippen molar-refractivity contribution in [3.8, 4) is 22.6 Å². The van der Waals surface area contributed by atoms with Gasteiger partial charge in [0.1, 0.15) is 5.76 Å². The molecule has 2 heterocycles. The number of nitrogens with zero attached hydrogens (tertiary/aromatic N) is 1. The van der Waals surface area contributed by atoms with Crippen LogP contribution in [-0.4, -0.2) is 10.2 Å². The van der Waals surface area contributed by atoms with E-state index in [1.54, 1.807) is 12.3 Å². The summed E-state index contributed by atoms with van der Waals surface area (Å²) in [5.74, 6) is 0.770. The fourth-order valence-corrected chi connectivity index (χ4v) is 2.79. The molecule has 4 rings (SSSR count). The Labute approximate surface area is 150 Å². The van der Waals surface area contributed by atoms with Crippen LogP contribution in [0.1, 0.15) is 5.56 Å². The Morgan fingerprint density at radius 1 is 0.962 bits per heavy atom. The van der Waals surface area contributed by atoms with Crippen molar-refractivity contribution in [1.29, 1.82) is 0 Å². The van der Waals surface area contributed by atoms with Crippen LogP contribution in [0.3, 0.4) is 0 Å². The number of nitrogens with one attached hydrogen (secondary N) is 2. The number of H-pyrrole nitrogens is 1. The third-order valence-electron chi connectivity index (χ3n) is 4.11. The Hall–Kier alpha value is -3.60. The van der Waals surface area contributed by atoms with Crippen LogP contribution < -0.4 is 10.9 Å². The first-order valence-electron chi connectivity index (χ1n) is 8.31. The molecule has 2 N–H and O–H groups in total. The van der Waals surface area contributed by atoms with Crippen LogP contribution in [0.4, 0.5) is 5.69 Å². The number of furan rings is 1. The largest absolute Gasteiger partial charge is 0.464 e. The Morgan fingerprint density at radius 2 is 1.85 bits per heavy atom. The summed E-state index contributed by atoms with van der Waals surface area (Å²) < 4.78 is 5.60. The molecule has 128 valence electrons. The second kappa shape index (κ2) is 7.11. The third kappa shape index (κ3) is 3.42. The number of aromatic nitrogens is 2. The topological polar surface area (TPSA) is 70.9 Å². The molecule has 0 unspecified atom stereocenters. The minimum Gasteiger partial charge on any atom is -0.464 e. The molecule has 2 aromatic heterocycles. The van der Waals surface area contributed by atoms with Gasteiger partial charge in [-0.1, -0.05) is 36.4 Å². The summed E-state index contributed by atoms with van der Waals surface area (Å²) in [6, 6.07) is 23.2. The van der Waals surface area contributed by atoms with Crippen LogP contribution in [-0.2, 0) is 6.54 Å². The van der Waals surface area contributed by atoms with Crippen LogP contribution in [0, 0.1) is 0 Å². The SMILES string of the molecule is O=c1ccc(-c2ccc(NCc3ccccc3)c(-c3ccco3)c2)n[nH]1. The van der Waals surface area contributed by atoms with Crippen LogP contribution in [0.2, 0.25) is 0 Å². The molecule has 2 aromatic carbocycles. The first kappa shape index (κ1) is 15.9. The number of rotatable bonds is 5. The van der Waals surface area contributed by atoms with Crippen LogP contribution in [0.25, 0.3) is 22.6 Å². The van der Waals surface area contributed by atoms with E-state index >= 15 is 0 Å².